The fourth-order valence-electron chi connectivity index (χ4n) is 3.94. The molecule has 0 amide bonds. The highest BCUT2D eigenvalue weighted by Gasteiger charge is 2.25. The lowest BCUT2D eigenvalue weighted by Crippen LogP contribution is -2.06. The molecule has 27 heavy (non-hydrogen) atoms. The van der Waals surface area contributed by atoms with Gasteiger partial charge in [-0.15, -0.1) is 11.3 Å². The lowest BCUT2D eigenvalue weighted by molar-refractivity contribution is 0.475. The van der Waals surface area contributed by atoms with E-state index in [2.05, 4.69) is 0 Å². The summed E-state index contributed by atoms with van der Waals surface area (Å²) in [6.45, 7) is 0. The van der Waals surface area contributed by atoms with Gasteiger partial charge in [-0.3, -0.25) is 0 Å². The van der Waals surface area contributed by atoms with Crippen LogP contribution in [0.25, 0.3) is 32.5 Å². The fourth-order valence-corrected chi connectivity index (χ4v) is 5.38. The Morgan fingerprint density at radius 2 is 1.63 bits per heavy atom. The minimum absolute atomic E-state index is 0.221. The molecule has 3 nitrogen and oxygen atoms in total. The van der Waals surface area contributed by atoms with Crippen LogP contribution >= 0.6 is 11.3 Å². The molecule has 0 aliphatic heterocycles. The number of hydrogen-bond acceptors (Lipinski definition) is 4. The Bertz CT molecular complexity index is 1180. The first kappa shape index (κ1) is 16.3. The van der Waals surface area contributed by atoms with E-state index in [0.29, 0.717) is 5.76 Å². The lowest BCUT2D eigenvalue weighted by atomic mass is 9.94. The number of fused-ring (bicyclic) bond motifs is 3. The Morgan fingerprint density at radius 1 is 0.889 bits per heavy atom. The van der Waals surface area contributed by atoms with E-state index >= 15 is 0 Å². The summed E-state index contributed by atoms with van der Waals surface area (Å²) in [7, 11) is 0. The van der Waals surface area contributed by atoms with Crippen LogP contribution in [0.5, 0.6) is 5.75 Å². The monoisotopic (exact) mass is 374 g/mol. The summed E-state index contributed by atoms with van der Waals surface area (Å²) in [5.74, 6) is 0.816. The highest BCUT2D eigenvalue weighted by Crippen LogP contribution is 2.44. The van der Waals surface area contributed by atoms with Gasteiger partial charge in [-0.05, 0) is 48.9 Å². The van der Waals surface area contributed by atoms with Crippen LogP contribution in [0.1, 0.15) is 23.3 Å². The molecule has 1 aliphatic carbocycles. The van der Waals surface area contributed by atoms with E-state index in [1.165, 1.54) is 16.9 Å². The predicted molar refractivity (Wildman–Crippen MR) is 110 cm³/mol. The molecule has 1 aliphatic rings. The molecular weight excluding hydrogens is 356 g/mol. The second kappa shape index (κ2) is 6.39. The number of aryl methyl sites for hydroxylation is 2. The Morgan fingerprint density at radius 3 is 2.41 bits per heavy atom. The molecule has 1 N–H and O–H groups in total. The number of aromatic hydroxyl groups is 1. The number of phenols is 1. The first-order valence-electron chi connectivity index (χ1n) is 9.18. The van der Waals surface area contributed by atoms with Gasteiger partial charge < -0.3 is 9.52 Å². The highest BCUT2D eigenvalue weighted by atomic mass is 32.1. The Hall–Kier alpha value is -2.85. The Balaban J connectivity index is 1.90. The van der Waals surface area contributed by atoms with Gasteiger partial charge in [0.25, 0.3) is 0 Å². The largest absolute Gasteiger partial charge is 0.508 e. The molecule has 0 unspecified atom stereocenters. The van der Waals surface area contributed by atoms with Gasteiger partial charge in [0.2, 0.25) is 0 Å². The average molecular weight is 374 g/mol. The SMILES string of the molecule is O=c1oc(-c2ccccc2)c(-c2ccc(O)cc2)c2sc3c(c12)CCCC3. The van der Waals surface area contributed by atoms with Crippen LogP contribution in [0.4, 0.5) is 0 Å². The van der Waals surface area contributed by atoms with Crippen molar-refractivity contribution in [1.29, 1.82) is 0 Å². The molecule has 2 aromatic heterocycles. The second-order valence-electron chi connectivity index (χ2n) is 6.92. The molecule has 0 fully saturated rings. The van der Waals surface area contributed by atoms with Crippen molar-refractivity contribution in [2.75, 3.05) is 0 Å². The van der Waals surface area contributed by atoms with Crippen molar-refractivity contribution in [2.45, 2.75) is 25.7 Å². The van der Waals surface area contributed by atoms with E-state index in [0.717, 1.165) is 46.0 Å². The molecule has 2 aromatic carbocycles. The number of hydrogen-bond donors (Lipinski definition) is 1. The van der Waals surface area contributed by atoms with Crippen molar-refractivity contribution in [2.24, 2.45) is 0 Å². The molecule has 0 saturated carbocycles. The lowest BCUT2D eigenvalue weighted by Gasteiger charge is -2.11. The smallest absolute Gasteiger partial charge is 0.345 e. The molecule has 4 aromatic rings. The van der Waals surface area contributed by atoms with Crippen LogP contribution < -0.4 is 5.63 Å². The van der Waals surface area contributed by atoms with Gasteiger partial charge in [-0.25, -0.2) is 4.79 Å². The minimum Gasteiger partial charge on any atom is -0.508 e. The van der Waals surface area contributed by atoms with Gasteiger partial charge in [0.1, 0.15) is 11.5 Å². The molecule has 0 spiro atoms. The number of phenolic OH excluding ortho intramolecular Hbond substituents is 1. The van der Waals surface area contributed by atoms with Gasteiger partial charge in [-0.1, -0.05) is 42.5 Å². The molecule has 2 heterocycles. The molecule has 5 rings (SSSR count). The van der Waals surface area contributed by atoms with Crippen molar-refractivity contribution in [1.82, 2.24) is 0 Å². The summed E-state index contributed by atoms with van der Waals surface area (Å²) < 4.78 is 6.91. The first-order valence-corrected chi connectivity index (χ1v) is 10.00. The maximum Gasteiger partial charge on any atom is 0.345 e. The molecule has 0 atom stereocenters. The maximum atomic E-state index is 12.9. The van der Waals surface area contributed by atoms with Crippen LogP contribution in [0.2, 0.25) is 0 Å². The molecule has 0 saturated heterocycles. The van der Waals surface area contributed by atoms with Crippen molar-refractivity contribution < 1.29 is 9.52 Å². The second-order valence-corrected chi connectivity index (χ2v) is 8.03. The van der Waals surface area contributed by atoms with Crippen LogP contribution in [0, 0.1) is 0 Å². The summed E-state index contributed by atoms with van der Waals surface area (Å²) in [6.07, 6.45) is 4.27. The van der Waals surface area contributed by atoms with Gasteiger partial charge in [0, 0.05) is 16.0 Å². The van der Waals surface area contributed by atoms with Gasteiger partial charge in [0.15, 0.2) is 0 Å². The third-order valence-electron chi connectivity index (χ3n) is 5.22. The zero-order valence-corrected chi connectivity index (χ0v) is 15.5. The summed E-state index contributed by atoms with van der Waals surface area (Å²) in [4.78, 5) is 14.3. The van der Waals surface area contributed by atoms with Gasteiger partial charge >= 0.3 is 5.63 Å². The van der Waals surface area contributed by atoms with Gasteiger partial charge in [0.05, 0.1) is 10.1 Å². The zero-order valence-electron chi connectivity index (χ0n) is 14.7. The van der Waals surface area contributed by atoms with E-state index in [-0.39, 0.29) is 11.4 Å². The van der Waals surface area contributed by atoms with Crippen molar-refractivity contribution >= 4 is 21.4 Å². The minimum atomic E-state index is -0.245. The zero-order chi connectivity index (χ0) is 18.4. The predicted octanol–water partition coefficient (Wildman–Crippen LogP) is 5.77. The number of benzene rings is 2. The quantitative estimate of drug-likeness (QED) is 0.484. The van der Waals surface area contributed by atoms with Crippen LogP contribution in [-0.4, -0.2) is 5.11 Å². The molecular formula is C23H18O3S. The number of rotatable bonds is 2. The van der Waals surface area contributed by atoms with Gasteiger partial charge in [-0.2, -0.15) is 0 Å². The van der Waals surface area contributed by atoms with Crippen LogP contribution in [0.3, 0.4) is 0 Å². The molecule has 0 bridgehead atoms. The third kappa shape index (κ3) is 2.68. The van der Waals surface area contributed by atoms with Crippen LogP contribution in [0.15, 0.2) is 63.8 Å². The average Bonchev–Trinajstić information content (AvgIpc) is 3.09. The first-order chi connectivity index (χ1) is 13.2. The molecule has 4 heteroatoms. The van der Waals surface area contributed by atoms with Crippen LogP contribution in [-0.2, 0) is 12.8 Å². The third-order valence-corrected chi connectivity index (χ3v) is 6.53. The van der Waals surface area contributed by atoms with Crippen molar-refractivity contribution in [3.8, 4) is 28.2 Å². The van der Waals surface area contributed by atoms with E-state index in [4.69, 9.17) is 4.42 Å². The topological polar surface area (TPSA) is 50.4 Å². The van der Waals surface area contributed by atoms with E-state index in [1.807, 2.05) is 42.5 Å². The van der Waals surface area contributed by atoms with E-state index < -0.39 is 0 Å². The normalized spacial score (nSPS) is 13.6. The fraction of sp³-hybridized carbons (Fsp3) is 0.174. The molecule has 0 radical (unpaired) electrons. The summed E-state index contributed by atoms with van der Waals surface area (Å²) >= 11 is 1.73. The van der Waals surface area contributed by atoms with Crippen molar-refractivity contribution in [3.05, 3.63) is 75.5 Å². The van der Waals surface area contributed by atoms with E-state index in [1.54, 1.807) is 23.5 Å². The molecule has 134 valence electrons. The number of thiophene rings is 1. The highest BCUT2D eigenvalue weighted by molar-refractivity contribution is 7.20. The Labute approximate surface area is 160 Å². The summed E-state index contributed by atoms with van der Waals surface area (Å²) in [5.41, 5.74) is 3.69. The maximum absolute atomic E-state index is 12.9. The van der Waals surface area contributed by atoms with E-state index in [9.17, 15) is 9.90 Å². The Kier molecular flexibility index (Phi) is 3.87. The summed E-state index contributed by atoms with van der Waals surface area (Å²) in [6, 6.07) is 16.9. The standard InChI is InChI=1S/C23H18O3S/c24-16-12-10-14(11-13-16)19-21(15-6-2-1-3-7-15)26-23(25)20-17-8-4-5-9-18(17)27-22(19)20/h1-3,6-7,10-13,24H,4-5,8-9H2. The van der Waals surface area contributed by atoms with Crippen molar-refractivity contribution in [3.63, 3.8) is 0 Å². The summed E-state index contributed by atoms with van der Waals surface area (Å²) in [5, 5.41) is 10.5.